The molecule has 37 heavy (non-hydrogen) atoms. The van der Waals surface area contributed by atoms with Gasteiger partial charge in [-0.1, -0.05) is 48.2 Å². The Labute approximate surface area is 222 Å². The molecule has 0 saturated carbocycles. The van der Waals surface area contributed by atoms with Gasteiger partial charge in [0.1, 0.15) is 5.75 Å². The van der Waals surface area contributed by atoms with Gasteiger partial charge in [0.25, 0.3) is 15.9 Å². The van der Waals surface area contributed by atoms with Crippen LogP contribution in [-0.2, 0) is 14.8 Å². The second-order valence-electron chi connectivity index (χ2n) is 8.58. The number of rotatable bonds is 9. The molecular weight excluding hydrogens is 504 g/mol. The van der Waals surface area contributed by atoms with Gasteiger partial charge in [-0.2, -0.15) is 0 Å². The molecule has 0 aliphatic heterocycles. The number of ether oxygens (including phenoxy) is 1. The predicted octanol–water partition coefficient (Wildman–Crippen LogP) is 6.58. The lowest BCUT2D eigenvalue weighted by atomic mass is 10.1. The molecule has 0 spiro atoms. The van der Waals surface area contributed by atoms with Gasteiger partial charge in [-0.25, -0.2) is 8.42 Å². The van der Waals surface area contributed by atoms with Crippen molar-refractivity contribution in [1.29, 1.82) is 0 Å². The molecule has 0 aliphatic carbocycles. The van der Waals surface area contributed by atoms with Gasteiger partial charge in [-0.15, -0.1) is 0 Å². The highest BCUT2D eigenvalue weighted by molar-refractivity contribution is 7.99. The molecule has 1 amide bonds. The molecule has 4 rings (SSSR count). The third-order valence-corrected chi connectivity index (χ3v) is 8.17. The first kappa shape index (κ1) is 26.3. The molecule has 0 saturated heterocycles. The van der Waals surface area contributed by atoms with Crippen molar-refractivity contribution < 1.29 is 17.9 Å². The standard InChI is InChI=1S/C29H28N2O4S2/c1-20-13-14-23(17-21(20)2)31-37(33,34)25-15-16-27(22(3)18-25)35-19-29(32)30-26-11-7-8-12-28(26)36-24-9-5-4-6-10-24/h4-18,31H,19H2,1-3H3,(H,30,32). The zero-order valence-electron chi connectivity index (χ0n) is 20.8. The molecule has 0 aliphatic rings. The Hall–Kier alpha value is -3.75. The van der Waals surface area contributed by atoms with Gasteiger partial charge in [-0.3, -0.25) is 9.52 Å². The van der Waals surface area contributed by atoms with Crippen LogP contribution in [0.15, 0.2) is 106 Å². The van der Waals surface area contributed by atoms with E-state index in [4.69, 9.17) is 4.74 Å². The van der Waals surface area contributed by atoms with Crippen LogP contribution in [0.1, 0.15) is 16.7 Å². The van der Waals surface area contributed by atoms with Gasteiger partial charge < -0.3 is 10.1 Å². The van der Waals surface area contributed by atoms with Crippen molar-refractivity contribution in [3.63, 3.8) is 0 Å². The van der Waals surface area contributed by atoms with Crippen LogP contribution in [0.5, 0.6) is 5.75 Å². The number of hydrogen-bond donors (Lipinski definition) is 2. The van der Waals surface area contributed by atoms with Crippen LogP contribution >= 0.6 is 11.8 Å². The summed E-state index contributed by atoms with van der Waals surface area (Å²) >= 11 is 1.56. The largest absolute Gasteiger partial charge is 0.483 e. The Bertz CT molecular complexity index is 1520. The number of carbonyl (C=O) groups excluding carboxylic acids is 1. The summed E-state index contributed by atoms with van der Waals surface area (Å²) in [6, 6.07) is 27.5. The lowest BCUT2D eigenvalue weighted by Gasteiger charge is -2.14. The summed E-state index contributed by atoms with van der Waals surface area (Å²) in [6.45, 7) is 5.44. The maximum Gasteiger partial charge on any atom is 0.262 e. The molecule has 4 aromatic rings. The highest BCUT2D eigenvalue weighted by Crippen LogP contribution is 2.33. The number of sulfonamides is 1. The number of nitrogens with one attached hydrogen (secondary N) is 2. The van der Waals surface area contributed by atoms with E-state index in [1.54, 1.807) is 36.9 Å². The van der Waals surface area contributed by atoms with Crippen LogP contribution in [0.3, 0.4) is 0 Å². The van der Waals surface area contributed by atoms with Gasteiger partial charge in [0.05, 0.1) is 10.6 Å². The summed E-state index contributed by atoms with van der Waals surface area (Å²) in [5.74, 6) is 0.126. The second kappa shape index (κ2) is 11.5. The minimum Gasteiger partial charge on any atom is -0.483 e. The lowest BCUT2D eigenvalue weighted by molar-refractivity contribution is -0.118. The number of anilines is 2. The number of para-hydroxylation sites is 1. The predicted molar refractivity (Wildman–Crippen MR) is 149 cm³/mol. The normalized spacial score (nSPS) is 11.1. The third kappa shape index (κ3) is 6.93. The van der Waals surface area contributed by atoms with Gasteiger partial charge >= 0.3 is 0 Å². The summed E-state index contributed by atoms with van der Waals surface area (Å²) in [4.78, 5) is 14.7. The van der Waals surface area contributed by atoms with E-state index in [0.717, 1.165) is 20.9 Å². The summed E-state index contributed by atoms with van der Waals surface area (Å²) < 4.78 is 34.1. The SMILES string of the molecule is Cc1ccc(NS(=O)(=O)c2ccc(OCC(=O)Nc3ccccc3Sc3ccccc3)c(C)c2)cc1C. The van der Waals surface area contributed by atoms with Crippen LogP contribution < -0.4 is 14.8 Å². The van der Waals surface area contributed by atoms with Crippen molar-refractivity contribution in [2.75, 3.05) is 16.6 Å². The number of benzene rings is 4. The molecule has 0 radical (unpaired) electrons. The fraction of sp³-hybridized carbons (Fsp3) is 0.138. The second-order valence-corrected chi connectivity index (χ2v) is 11.4. The Kier molecular flexibility index (Phi) is 8.21. The van der Waals surface area contributed by atoms with Gasteiger partial charge in [0.15, 0.2) is 6.61 Å². The van der Waals surface area contributed by atoms with Crippen LogP contribution in [0.2, 0.25) is 0 Å². The molecule has 0 aromatic heterocycles. The van der Waals surface area contributed by atoms with Gasteiger partial charge in [0.2, 0.25) is 0 Å². The first-order valence-electron chi connectivity index (χ1n) is 11.7. The maximum absolute atomic E-state index is 12.9. The lowest BCUT2D eigenvalue weighted by Crippen LogP contribution is -2.21. The van der Waals surface area contributed by atoms with E-state index in [1.165, 1.54) is 12.1 Å². The smallest absolute Gasteiger partial charge is 0.262 e. The Balaban J connectivity index is 1.39. The minimum absolute atomic E-state index is 0.117. The topological polar surface area (TPSA) is 84.5 Å². The van der Waals surface area contributed by atoms with E-state index < -0.39 is 10.0 Å². The molecule has 0 heterocycles. The summed E-state index contributed by atoms with van der Waals surface area (Å²) in [5.41, 5.74) is 3.89. The minimum atomic E-state index is -3.77. The quantitative estimate of drug-likeness (QED) is 0.254. The highest BCUT2D eigenvalue weighted by Gasteiger charge is 2.17. The number of amides is 1. The first-order valence-corrected chi connectivity index (χ1v) is 14.0. The fourth-order valence-electron chi connectivity index (χ4n) is 3.57. The van der Waals surface area contributed by atoms with Crippen LogP contribution in [0.4, 0.5) is 11.4 Å². The van der Waals surface area contributed by atoms with Crippen LogP contribution in [-0.4, -0.2) is 20.9 Å². The summed E-state index contributed by atoms with van der Waals surface area (Å²) in [7, 11) is -3.77. The van der Waals surface area contributed by atoms with Crippen molar-refractivity contribution >= 4 is 39.1 Å². The average molecular weight is 533 g/mol. The molecule has 0 unspecified atom stereocenters. The summed E-state index contributed by atoms with van der Waals surface area (Å²) in [5, 5.41) is 2.90. The van der Waals surface area contributed by atoms with E-state index in [-0.39, 0.29) is 17.4 Å². The zero-order valence-corrected chi connectivity index (χ0v) is 22.4. The van der Waals surface area contributed by atoms with Crippen molar-refractivity contribution in [2.24, 2.45) is 0 Å². The van der Waals surface area contributed by atoms with Gasteiger partial charge in [-0.05, 0) is 92.1 Å². The zero-order chi connectivity index (χ0) is 26.4. The maximum atomic E-state index is 12.9. The number of hydrogen-bond acceptors (Lipinski definition) is 5. The van der Waals surface area contributed by atoms with E-state index in [2.05, 4.69) is 10.0 Å². The Morgan fingerprint density at radius 3 is 2.27 bits per heavy atom. The fourth-order valence-corrected chi connectivity index (χ4v) is 5.63. The van der Waals surface area contributed by atoms with Crippen molar-refractivity contribution in [1.82, 2.24) is 0 Å². The van der Waals surface area contributed by atoms with E-state index in [9.17, 15) is 13.2 Å². The molecule has 0 bridgehead atoms. The monoisotopic (exact) mass is 532 g/mol. The van der Waals surface area contributed by atoms with Crippen LogP contribution in [0.25, 0.3) is 0 Å². The molecule has 8 heteroatoms. The van der Waals surface area contributed by atoms with E-state index >= 15 is 0 Å². The number of aryl methyl sites for hydroxylation is 3. The average Bonchev–Trinajstić information content (AvgIpc) is 2.87. The van der Waals surface area contributed by atoms with Crippen LogP contribution in [0, 0.1) is 20.8 Å². The van der Waals surface area contributed by atoms with Crippen molar-refractivity contribution in [3.05, 3.63) is 108 Å². The third-order valence-electron chi connectivity index (χ3n) is 5.71. The Morgan fingerprint density at radius 1 is 0.811 bits per heavy atom. The highest BCUT2D eigenvalue weighted by atomic mass is 32.2. The molecule has 4 aromatic carbocycles. The molecule has 0 fully saturated rings. The van der Waals surface area contributed by atoms with Crippen molar-refractivity contribution in [3.8, 4) is 5.75 Å². The van der Waals surface area contributed by atoms with E-state index in [1.807, 2.05) is 74.5 Å². The molecule has 0 atom stereocenters. The first-order chi connectivity index (χ1) is 17.7. The molecule has 190 valence electrons. The number of carbonyl (C=O) groups is 1. The van der Waals surface area contributed by atoms with Gasteiger partial charge in [0, 0.05) is 15.5 Å². The summed E-state index contributed by atoms with van der Waals surface area (Å²) in [6.07, 6.45) is 0. The van der Waals surface area contributed by atoms with E-state index in [0.29, 0.717) is 22.7 Å². The molecule has 6 nitrogen and oxygen atoms in total. The van der Waals surface area contributed by atoms with Crippen molar-refractivity contribution in [2.45, 2.75) is 35.5 Å². The Morgan fingerprint density at radius 2 is 1.54 bits per heavy atom. The molecule has 2 N–H and O–H groups in total. The molecular formula is C29H28N2O4S2.